The van der Waals surface area contributed by atoms with E-state index in [2.05, 4.69) is 4.74 Å². The minimum Gasteiger partial charge on any atom is -0.507 e. The Morgan fingerprint density at radius 3 is 2.60 bits per heavy atom. The number of methoxy groups -OCH3 is 1. The first-order valence-electron chi connectivity index (χ1n) is 6.09. The Balaban J connectivity index is 2.16. The van der Waals surface area contributed by atoms with Gasteiger partial charge in [0, 0.05) is 5.56 Å². The number of rotatable bonds is 2. The van der Waals surface area contributed by atoms with Gasteiger partial charge in [0.2, 0.25) is 0 Å². The molecule has 1 heterocycles. The predicted octanol–water partition coefficient (Wildman–Crippen LogP) is 3.59. The van der Waals surface area contributed by atoms with Crippen molar-refractivity contribution in [1.82, 2.24) is 0 Å². The van der Waals surface area contributed by atoms with Crippen LogP contribution in [-0.2, 0) is 4.74 Å². The molecule has 1 N–H and O–H groups in total. The molecule has 0 saturated heterocycles. The third-order valence-corrected chi connectivity index (χ3v) is 3.09. The molecule has 0 amide bonds. The van der Waals surface area contributed by atoms with E-state index >= 15 is 0 Å². The monoisotopic (exact) mass is 268 g/mol. The van der Waals surface area contributed by atoms with Crippen LogP contribution in [0.4, 0.5) is 0 Å². The summed E-state index contributed by atoms with van der Waals surface area (Å²) >= 11 is 0. The van der Waals surface area contributed by atoms with Crippen LogP contribution in [0.15, 0.2) is 52.9 Å². The molecule has 20 heavy (non-hydrogen) atoms. The topological polar surface area (TPSA) is 59.7 Å². The lowest BCUT2D eigenvalue weighted by Gasteiger charge is -2.00. The second-order valence-corrected chi connectivity index (χ2v) is 4.38. The fourth-order valence-corrected chi connectivity index (χ4v) is 2.10. The van der Waals surface area contributed by atoms with E-state index < -0.39 is 5.97 Å². The van der Waals surface area contributed by atoms with Gasteiger partial charge in [-0.3, -0.25) is 0 Å². The zero-order valence-electron chi connectivity index (χ0n) is 10.8. The molecule has 0 aliphatic heterocycles. The second-order valence-electron chi connectivity index (χ2n) is 4.38. The summed E-state index contributed by atoms with van der Waals surface area (Å²) in [5.41, 5.74) is 1.61. The van der Waals surface area contributed by atoms with Gasteiger partial charge in [-0.1, -0.05) is 30.3 Å². The molecule has 0 aliphatic carbocycles. The molecule has 0 aliphatic rings. The molecule has 3 aromatic rings. The number of aromatic hydroxyl groups is 1. The predicted molar refractivity (Wildman–Crippen MR) is 74.7 cm³/mol. The van der Waals surface area contributed by atoms with Crippen LogP contribution in [0.1, 0.15) is 10.4 Å². The molecular formula is C16H12O4. The van der Waals surface area contributed by atoms with Gasteiger partial charge < -0.3 is 14.3 Å². The number of phenols is 1. The van der Waals surface area contributed by atoms with Gasteiger partial charge in [0.15, 0.2) is 0 Å². The van der Waals surface area contributed by atoms with Gasteiger partial charge in [0.25, 0.3) is 0 Å². The molecule has 3 rings (SSSR count). The lowest BCUT2D eigenvalue weighted by molar-refractivity contribution is 0.0600. The smallest absolute Gasteiger partial charge is 0.338 e. The van der Waals surface area contributed by atoms with Crippen molar-refractivity contribution in [1.29, 1.82) is 0 Å². The maximum absolute atomic E-state index is 11.5. The van der Waals surface area contributed by atoms with E-state index in [4.69, 9.17) is 4.42 Å². The van der Waals surface area contributed by atoms with E-state index in [-0.39, 0.29) is 11.3 Å². The molecule has 2 aromatic carbocycles. The lowest BCUT2D eigenvalue weighted by atomic mass is 10.1. The van der Waals surface area contributed by atoms with Crippen LogP contribution in [0.3, 0.4) is 0 Å². The van der Waals surface area contributed by atoms with E-state index in [0.29, 0.717) is 16.7 Å². The van der Waals surface area contributed by atoms with E-state index in [0.717, 1.165) is 5.56 Å². The van der Waals surface area contributed by atoms with Gasteiger partial charge in [-0.15, -0.1) is 0 Å². The van der Waals surface area contributed by atoms with Crippen molar-refractivity contribution in [3.05, 3.63) is 54.1 Å². The van der Waals surface area contributed by atoms with E-state index in [9.17, 15) is 9.90 Å². The first kappa shape index (κ1) is 12.3. The summed E-state index contributed by atoms with van der Waals surface area (Å²) < 4.78 is 10.3. The summed E-state index contributed by atoms with van der Waals surface area (Å²) in [4.78, 5) is 11.5. The number of furan rings is 1. The molecule has 0 atom stereocenters. The highest BCUT2D eigenvalue weighted by Gasteiger charge is 2.14. The molecule has 100 valence electrons. The fraction of sp³-hybridized carbons (Fsp3) is 0.0625. The Morgan fingerprint density at radius 1 is 1.15 bits per heavy atom. The average Bonchev–Trinajstić information content (AvgIpc) is 2.92. The van der Waals surface area contributed by atoms with Crippen LogP contribution < -0.4 is 0 Å². The van der Waals surface area contributed by atoms with Crippen molar-refractivity contribution in [3.8, 4) is 17.1 Å². The SMILES string of the molecule is COC(=O)c1cc(O)c2cc(-c3ccccc3)oc2c1. The quantitative estimate of drug-likeness (QED) is 0.721. The summed E-state index contributed by atoms with van der Waals surface area (Å²) in [6.45, 7) is 0. The van der Waals surface area contributed by atoms with Gasteiger partial charge >= 0.3 is 5.97 Å². The molecule has 0 radical (unpaired) electrons. The van der Waals surface area contributed by atoms with Crippen molar-refractivity contribution in [2.24, 2.45) is 0 Å². The number of phenolic OH excluding ortho intramolecular Hbond substituents is 1. The Kier molecular flexibility index (Phi) is 2.91. The Labute approximate surface area is 115 Å². The zero-order valence-corrected chi connectivity index (χ0v) is 10.8. The number of fused-ring (bicyclic) bond motifs is 1. The van der Waals surface area contributed by atoms with Gasteiger partial charge in [-0.25, -0.2) is 4.79 Å². The highest BCUT2D eigenvalue weighted by Crippen LogP contribution is 2.34. The van der Waals surface area contributed by atoms with Crippen LogP contribution >= 0.6 is 0 Å². The molecular weight excluding hydrogens is 256 g/mol. The number of hydrogen-bond acceptors (Lipinski definition) is 4. The van der Waals surface area contributed by atoms with Crippen molar-refractivity contribution >= 4 is 16.9 Å². The first-order valence-corrected chi connectivity index (χ1v) is 6.09. The van der Waals surface area contributed by atoms with E-state index in [1.165, 1.54) is 13.2 Å². The summed E-state index contributed by atoms with van der Waals surface area (Å²) in [6.07, 6.45) is 0. The fourth-order valence-electron chi connectivity index (χ4n) is 2.10. The third-order valence-electron chi connectivity index (χ3n) is 3.09. The van der Waals surface area contributed by atoms with Crippen molar-refractivity contribution in [3.63, 3.8) is 0 Å². The van der Waals surface area contributed by atoms with Crippen LogP contribution in [0.25, 0.3) is 22.3 Å². The summed E-state index contributed by atoms with van der Waals surface area (Å²) in [5.74, 6) is 0.117. The molecule has 0 spiro atoms. The average molecular weight is 268 g/mol. The number of benzene rings is 2. The van der Waals surface area contributed by atoms with Gasteiger partial charge in [-0.05, 0) is 18.2 Å². The highest BCUT2D eigenvalue weighted by molar-refractivity contribution is 5.97. The van der Waals surface area contributed by atoms with E-state index in [1.807, 2.05) is 30.3 Å². The minimum absolute atomic E-state index is 0.00571. The molecule has 4 nitrogen and oxygen atoms in total. The molecule has 0 bridgehead atoms. The summed E-state index contributed by atoms with van der Waals surface area (Å²) in [7, 11) is 1.29. The lowest BCUT2D eigenvalue weighted by Crippen LogP contribution is -2.00. The second kappa shape index (κ2) is 4.74. The van der Waals surface area contributed by atoms with Crippen molar-refractivity contribution in [2.45, 2.75) is 0 Å². The standard InChI is InChI=1S/C16H12O4/c1-19-16(18)11-7-13(17)12-9-14(20-15(12)8-11)10-5-3-2-4-6-10/h2-9,17H,1H3. The van der Waals surface area contributed by atoms with Crippen LogP contribution in [0.2, 0.25) is 0 Å². The molecule has 0 saturated carbocycles. The summed E-state index contributed by atoms with van der Waals surface area (Å²) in [6, 6.07) is 14.2. The molecule has 0 fully saturated rings. The number of carbonyl (C=O) groups is 1. The number of ether oxygens (including phenoxy) is 1. The van der Waals surface area contributed by atoms with Gasteiger partial charge in [0.05, 0.1) is 18.1 Å². The molecule has 1 aromatic heterocycles. The number of hydrogen-bond donors (Lipinski definition) is 1. The van der Waals surface area contributed by atoms with Gasteiger partial charge in [-0.2, -0.15) is 0 Å². The van der Waals surface area contributed by atoms with E-state index in [1.54, 1.807) is 12.1 Å². The minimum atomic E-state index is -0.514. The number of esters is 1. The zero-order chi connectivity index (χ0) is 14.1. The molecule has 0 unspecified atom stereocenters. The Bertz CT molecular complexity index is 772. The maximum Gasteiger partial charge on any atom is 0.338 e. The van der Waals surface area contributed by atoms with Crippen molar-refractivity contribution < 1.29 is 19.1 Å². The third kappa shape index (κ3) is 2.01. The Hall–Kier alpha value is -2.75. The maximum atomic E-state index is 11.5. The van der Waals surface area contributed by atoms with Crippen LogP contribution in [-0.4, -0.2) is 18.2 Å². The highest BCUT2D eigenvalue weighted by atomic mass is 16.5. The normalized spacial score (nSPS) is 10.7. The molecule has 4 heteroatoms. The first-order chi connectivity index (χ1) is 9.69. The number of carbonyl (C=O) groups excluding carboxylic acids is 1. The Morgan fingerprint density at radius 2 is 1.90 bits per heavy atom. The van der Waals surface area contributed by atoms with Crippen LogP contribution in [0.5, 0.6) is 5.75 Å². The van der Waals surface area contributed by atoms with Crippen LogP contribution in [0, 0.1) is 0 Å². The summed E-state index contributed by atoms with van der Waals surface area (Å²) in [5, 5.41) is 10.6. The van der Waals surface area contributed by atoms with Gasteiger partial charge in [0.1, 0.15) is 17.1 Å². The van der Waals surface area contributed by atoms with Crippen molar-refractivity contribution in [2.75, 3.05) is 7.11 Å². The largest absolute Gasteiger partial charge is 0.507 e.